The molecule has 0 aromatic carbocycles. The second kappa shape index (κ2) is 7.75. The van der Waals surface area contributed by atoms with Gasteiger partial charge in [-0.2, -0.15) is 0 Å². The number of hydrogen-bond acceptors (Lipinski definition) is 4. The quantitative estimate of drug-likeness (QED) is 0.510. The van der Waals surface area contributed by atoms with Crippen molar-refractivity contribution in [2.24, 2.45) is 0 Å². The van der Waals surface area contributed by atoms with Gasteiger partial charge in [-0.05, 0) is 18.6 Å². The van der Waals surface area contributed by atoms with Crippen molar-refractivity contribution in [1.82, 2.24) is 10.6 Å². The number of thiocarbonyl (C=S) groups is 1. The van der Waals surface area contributed by atoms with Gasteiger partial charge in [-0.1, -0.05) is 0 Å². The summed E-state index contributed by atoms with van der Waals surface area (Å²) in [5, 5.41) is 5.41. The summed E-state index contributed by atoms with van der Waals surface area (Å²) in [4.78, 5) is 10.6. The number of rotatable bonds is 4. The number of nitrogens with one attached hydrogen (secondary N) is 2. The predicted molar refractivity (Wildman–Crippen MR) is 52.6 cm³/mol. The Labute approximate surface area is 82.8 Å². The molecule has 76 valence electrons. The van der Waals surface area contributed by atoms with Crippen LogP contribution in [0, 0.1) is 0 Å². The third-order valence-electron chi connectivity index (χ3n) is 1.21. The molecule has 0 aromatic heterocycles. The van der Waals surface area contributed by atoms with E-state index in [1.165, 1.54) is 7.11 Å². The lowest BCUT2D eigenvalue weighted by atomic mass is 10.4. The fourth-order valence-electron chi connectivity index (χ4n) is 0.606. The first kappa shape index (κ1) is 12.1. The van der Waals surface area contributed by atoms with Crippen molar-refractivity contribution in [3.8, 4) is 0 Å². The molecule has 0 aliphatic heterocycles. The van der Waals surface area contributed by atoms with Gasteiger partial charge in [0.1, 0.15) is 0 Å². The first-order valence-electron chi connectivity index (χ1n) is 3.82. The number of methoxy groups -OCH3 is 2. The average molecular weight is 206 g/mol. The molecule has 0 aromatic rings. The molecule has 0 unspecified atom stereocenters. The molecule has 5 nitrogen and oxygen atoms in total. The lowest BCUT2D eigenvalue weighted by Gasteiger charge is -2.07. The maximum absolute atomic E-state index is 10.6. The summed E-state index contributed by atoms with van der Waals surface area (Å²) >= 11 is 4.78. The van der Waals surface area contributed by atoms with Gasteiger partial charge in [0.15, 0.2) is 5.11 Å². The predicted octanol–water partition coefficient (Wildman–Crippen LogP) is 0.253. The summed E-state index contributed by atoms with van der Waals surface area (Å²) < 4.78 is 9.18. The van der Waals surface area contributed by atoms with Gasteiger partial charge in [-0.25, -0.2) is 4.79 Å². The molecule has 0 saturated heterocycles. The van der Waals surface area contributed by atoms with Crippen molar-refractivity contribution in [1.29, 1.82) is 0 Å². The molecule has 0 bridgehead atoms. The molecule has 0 heterocycles. The van der Waals surface area contributed by atoms with Crippen LogP contribution in [0.2, 0.25) is 0 Å². The highest BCUT2D eigenvalue weighted by Crippen LogP contribution is 1.78. The highest BCUT2D eigenvalue weighted by molar-refractivity contribution is 7.80. The van der Waals surface area contributed by atoms with E-state index in [2.05, 4.69) is 15.4 Å². The maximum Gasteiger partial charge on any atom is 0.413 e. The molecule has 13 heavy (non-hydrogen) atoms. The monoisotopic (exact) mass is 206 g/mol. The van der Waals surface area contributed by atoms with Crippen LogP contribution in [0.1, 0.15) is 6.42 Å². The summed E-state index contributed by atoms with van der Waals surface area (Å²) in [7, 11) is 2.91. The number of carbonyl (C=O) groups excluding carboxylic acids is 1. The molecular weight excluding hydrogens is 192 g/mol. The van der Waals surface area contributed by atoms with E-state index in [-0.39, 0.29) is 5.11 Å². The van der Waals surface area contributed by atoms with Crippen LogP contribution < -0.4 is 10.6 Å². The van der Waals surface area contributed by atoms with Crippen LogP contribution >= 0.6 is 12.2 Å². The van der Waals surface area contributed by atoms with E-state index in [1.54, 1.807) is 7.11 Å². The molecular formula is C7H14N2O3S. The van der Waals surface area contributed by atoms with Crippen molar-refractivity contribution in [3.63, 3.8) is 0 Å². The number of carbonyl (C=O) groups is 1. The highest BCUT2D eigenvalue weighted by atomic mass is 32.1. The minimum absolute atomic E-state index is 0.267. The Morgan fingerprint density at radius 1 is 1.46 bits per heavy atom. The molecule has 0 spiro atoms. The minimum Gasteiger partial charge on any atom is -0.453 e. The number of ether oxygens (including phenoxy) is 2. The van der Waals surface area contributed by atoms with Crippen LogP contribution in [0.4, 0.5) is 4.79 Å². The van der Waals surface area contributed by atoms with Crippen LogP contribution in [-0.4, -0.2) is 38.6 Å². The molecule has 0 radical (unpaired) electrons. The standard InChI is InChI=1S/C7H14N2O3S/c1-11-5-3-4-8-6(13)9-7(10)12-2/h3-5H2,1-2H3,(H2,8,9,10,13). The van der Waals surface area contributed by atoms with Crippen molar-refractivity contribution in [3.05, 3.63) is 0 Å². The Morgan fingerprint density at radius 3 is 2.69 bits per heavy atom. The second-order valence-corrected chi connectivity index (χ2v) is 2.63. The summed E-state index contributed by atoms with van der Waals surface area (Å²) in [5.74, 6) is 0. The zero-order valence-corrected chi connectivity index (χ0v) is 8.57. The molecule has 0 saturated carbocycles. The Kier molecular flexibility index (Phi) is 7.23. The van der Waals surface area contributed by atoms with Gasteiger partial charge in [-0.3, -0.25) is 5.32 Å². The van der Waals surface area contributed by atoms with Crippen LogP contribution in [0.5, 0.6) is 0 Å². The fraction of sp³-hybridized carbons (Fsp3) is 0.714. The van der Waals surface area contributed by atoms with Crippen LogP contribution in [0.25, 0.3) is 0 Å². The van der Waals surface area contributed by atoms with Gasteiger partial charge < -0.3 is 14.8 Å². The third-order valence-corrected chi connectivity index (χ3v) is 1.46. The van der Waals surface area contributed by atoms with Crippen LogP contribution in [0.15, 0.2) is 0 Å². The Bertz CT molecular complexity index is 175. The topological polar surface area (TPSA) is 59.6 Å². The average Bonchev–Trinajstić information content (AvgIpc) is 2.12. The van der Waals surface area contributed by atoms with E-state index in [0.29, 0.717) is 13.2 Å². The van der Waals surface area contributed by atoms with E-state index in [9.17, 15) is 4.79 Å². The van der Waals surface area contributed by atoms with E-state index in [1.807, 2.05) is 0 Å². The van der Waals surface area contributed by atoms with E-state index >= 15 is 0 Å². The molecule has 0 rings (SSSR count). The summed E-state index contributed by atoms with van der Waals surface area (Å²) in [5.41, 5.74) is 0. The van der Waals surface area contributed by atoms with Crippen LogP contribution in [0.3, 0.4) is 0 Å². The zero-order chi connectivity index (χ0) is 10.1. The Hall–Kier alpha value is -0.880. The fourth-order valence-corrected chi connectivity index (χ4v) is 0.792. The molecule has 0 fully saturated rings. The van der Waals surface area contributed by atoms with Crippen molar-refractivity contribution < 1.29 is 14.3 Å². The Morgan fingerprint density at radius 2 is 2.15 bits per heavy atom. The smallest absolute Gasteiger partial charge is 0.413 e. The molecule has 6 heteroatoms. The third kappa shape index (κ3) is 7.48. The van der Waals surface area contributed by atoms with E-state index in [4.69, 9.17) is 17.0 Å². The molecule has 0 atom stereocenters. The van der Waals surface area contributed by atoms with Gasteiger partial charge in [0, 0.05) is 20.3 Å². The largest absolute Gasteiger partial charge is 0.453 e. The molecule has 2 N–H and O–H groups in total. The summed E-state index contributed by atoms with van der Waals surface area (Å²) in [6.45, 7) is 1.32. The van der Waals surface area contributed by atoms with Gasteiger partial charge in [0.05, 0.1) is 7.11 Å². The van der Waals surface area contributed by atoms with Gasteiger partial charge >= 0.3 is 6.09 Å². The summed E-state index contributed by atoms with van der Waals surface area (Å²) in [6.07, 6.45) is 0.267. The lowest BCUT2D eigenvalue weighted by Crippen LogP contribution is -2.39. The highest BCUT2D eigenvalue weighted by Gasteiger charge is 2.00. The van der Waals surface area contributed by atoms with Crippen molar-refractivity contribution >= 4 is 23.4 Å². The number of alkyl carbamates (subject to hydrolysis) is 1. The van der Waals surface area contributed by atoms with Crippen LogP contribution in [-0.2, 0) is 9.47 Å². The second-order valence-electron chi connectivity index (χ2n) is 2.22. The zero-order valence-electron chi connectivity index (χ0n) is 7.75. The molecule has 0 aliphatic rings. The molecule has 0 aliphatic carbocycles. The first-order chi connectivity index (χ1) is 6.20. The number of amides is 1. The van der Waals surface area contributed by atoms with Gasteiger partial charge in [-0.15, -0.1) is 0 Å². The van der Waals surface area contributed by atoms with Crippen molar-refractivity contribution in [2.75, 3.05) is 27.4 Å². The minimum atomic E-state index is -0.566. The van der Waals surface area contributed by atoms with Gasteiger partial charge in [0.2, 0.25) is 0 Å². The molecule has 1 amide bonds. The van der Waals surface area contributed by atoms with Gasteiger partial charge in [0.25, 0.3) is 0 Å². The van der Waals surface area contributed by atoms with E-state index < -0.39 is 6.09 Å². The lowest BCUT2D eigenvalue weighted by molar-refractivity contribution is 0.176. The summed E-state index contributed by atoms with van der Waals surface area (Å²) in [6, 6.07) is 0. The number of hydrogen-bond donors (Lipinski definition) is 2. The van der Waals surface area contributed by atoms with Crippen molar-refractivity contribution in [2.45, 2.75) is 6.42 Å². The Balaban J connectivity index is 3.35. The van der Waals surface area contributed by atoms with E-state index in [0.717, 1.165) is 6.42 Å². The first-order valence-corrected chi connectivity index (χ1v) is 4.23. The SMILES string of the molecule is COCCCNC(=S)NC(=O)OC. The normalized spacial score (nSPS) is 9.08. The maximum atomic E-state index is 10.6.